The molecule has 3 nitrogen and oxygen atoms in total. The van der Waals surface area contributed by atoms with E-state index in [1.165, 1.54) is 12.1 Å². The molecule has 0 aliphatic rings. The molecule has 0 spiro atoms. The maximum absolute atomic E-state index is 10.5. The van der Waals surface area contributed by atoms with E-state index in [4.69, 9.17) is 21.8 Å². The van der Waals surface area contributed by atoms with Gasteiger partial charge in [-0.05, 0) is 12.1 Å². The molecule has 0 saturated carbocycles. The molecule has 0 atom stereocenters. The van der Waals surface area contributed by atoms with E-state index in [-0.39, 0.29) is 16.3 Å². The summed E-state index contributed by atoms with van der Waals surface area (Å²) in [6, 6.07) is 2.65. The van der Waals surface area contributed by atoms with E-state index in [2.05, 4.69) is 15.9 Å². The van der Waals surface area contributed by atoms with Gasteiger partial charge in [-0.3, -0.25) is 0 Å². The molecule has 12 heavy (non-hydrogen) atoms. The number of halogens is 2. The zero-order valence-corrected chi connectivity index (χ0v) is 8.06. The lowest BCUT2D eigenvalue weighted by molar-refractivity contribution is 0.0696. The molecule has 1 rings (SSSR count). The van der Waals surface area contributed by atoms with Crippen molar-refractivity contribution in [2.24, 2.45) is 0 Å². The Morgan fingerprint density at radius 2 is 2.08 bits per heavy atom. The number of phenolic OH excluding ortho intramolecular Hbond substituents is 1. The smallest absolute Gasteiger partial charge is 0.337 e. The summed E-state index contributed by atoms with van der Waals surface area (Å²) in [6.07, 6.45) is 0. The van der Waals surface area contributed by atoms with Gasteiger partial charge < -0.3 is 10.2 Å². The van der Waals surface area contributed by atoms with E-state index < -0.39 is 5.97 Å². The summed E-state index contributed by atoms with van der Waals surface area (Å²) < 4.78 is 0.474. The van der Waals surface area contributed by atoms with Crippen LogP contribution in [-0.2, 0) is 0 Å². The van der Waals surface area contributed by atoms with Crippen LogP contribution in [0.1, 0.15) is 10.4 Å². The van der Waals surface area contributed by atoms with Gasteiger partial charge >= 0.3 is 5.97 Å². The Bertz CT molecular complexity index is 338. The molecule has 0 aliphatic carbocycles. The number of aromatic carboxylic acids is 1. The Labute approximate surface area is 81.7 Å². The van der Waals surface area contributed by atoms with Gasteiger partial charge in [0.1, 0.15) is 5.75 Å². The first-order valence-corrected chi connectivity index (χ1v) is 4.10. The van der Waals surface area contributed by atoms with Gasteiger partial charge in [-0.2, -0.15) is 0 Å². The summed E-state index contributed by atoms with van der Waals surface area (Å²) in [4.78, 5) is 10.5. The summed E-state index contributed by atoms with van der Waals surface area (Å²) in [5.74, 6) is -1.42. The van der Waals surface area contributed by atoms with Crippen molar-refractivity contribution in [3.05, 3.63) is 27.2 Å². The normalized spacial score (nSPS) is 9.83. The molecule has 1 aromatic rings. The molecule has 0 heterocycles. The Morgan fingerprint density at radius 3 is 2.58 bits per heavy atom. The first-order chi connectivity index (χ1) is 5.52. The van der Waals surface area contributed by atoms with Crippen LogP contribution in [-0.4, -0.2) is 16.2 Å². The quantitative estimate of drug-likeness (QED) is 0.806. The van der Waals surface area contributed by atoms with Crippen LogP contribution in [0.2, 0.25) is 5.02 Å². The number of aromatic hydroxyl groups is 1. The summed E-state index contributed by atoms with van der Waals surface area (Å²) in [5.41, 5.74) is -0.122. The van der Waals surface area contributed by atoms with Crippen molar-refractivity contribution in [3.63, 3.8) is 0 Å². The van der Waals surface area contributed by atoms with E-state index >= 15 is 0 Å². The van der Waals surface area contributed by atoms with E-state index in [1.54, 1.807) is 0 Å². The molecule has 0 amide bonds. The van der Waals surface area contributed by atoms with Crippen molar-refractivity contribution in [1.82, 2.24) is 0 Å². The Morgan fingerprint density at radius 1 is 1.50 bits per heavy atom. The highest BCUT2D eigenvalue weighted by Crippen LogP contribution is 2.30. The topological polar surface area (TPSA) is 57.5 Å². The minimum atomic E-state index is -1.17. The number of benzene rings is 1. The first-order valence-electron chi connectivity index (χ1n) is 2.93. The third-order valence-corrected chi connectivity index (χ3v) is 2.10. The number of hydrogen-bond donors (Lipinski definition) is 2. The van der Waals surface area contributed by atoms with Crippen LogP contribution in [0.25, 0.3) is 0 Å². The summed E-state index contributed by atoms with van der Waals surface area (Å²) in [7, 11) is 0. The standard InChI is InChI=1S/C7H4BrClO3/c8-3-1-4(7(11)12)6(9)5(10)2-3/h1-2,10H,(H,11,12). The highest BCUT2D eigenvalue weighted by molar-refractivity contribution is 9.10. The zero-order chi connectivity index (χ0) is 9.30. The van der Waals surface area contributed by atoms with Crippen LogP contribution in [0.5, 0.6) is 5.75 Å². The monoisotopic (exact) mass is 250 g/mol. The average molecular weight is 251 g/mol. The SMILES string of the molecule is O=C(O)c1cc(Br)cc(O)c1Cl. The van der Waals surface area contributed by atoms with Gasteiger partial charge in [-0.1, -0.05) is 27.5 Å². The second kappa shape index (κ2) is 3.33. The minimum absolute atomic E-state index is 0.122. The minimum Gasteiger partial charge on any atom is -0.506 e. The van der Waals surface area contributed by atoms with Crippen molar-refractivity contribution in [2.75, 3.05) is 0 Å². The molecule has 0 unspecified atom stereocenters. The van der Waals surface area contributed by atoms with Crippen LogP contribution in [0.3, 0.4) is 0 Å². The van der Waals surface area contributed by atoms with Crippen molar-refractivity contribution in [1.29, 1.82) is 0 Å². The van der Waals surface area contributed by atoms with Gasteiger partial charge in [0.05, 0.1) is 10.6 Å². The van der Waals surface area contributed by atoms with Crippen LogP contribution in [0.15, 0.2) is 16.6 Å². The fourth-order valence-corrected chi connectivity index (χ4v) is 1.37. The Kier molecular flexibility index (Phi) is 2.59. The van der Waals surface area contributed by atoms with Crippen molar-refractivity contribution in [2.45, 2.75) is 0 Å². The predicted molar refractivity (Wildman–Crippen MR) is 47.8 cm³/mol. The molecule has 0 aromatic heterocycles. The highest BCUT2D eigenvalue weighted by Gasteiger charge is 2.12. The van der Waals surface area contributed by atoms with Gasteiger partial charge in [0.15, 0.2) is 0 Å². The van der Waals surface area contributed by atoms with Gasteiger partial charge in [0, 0.05) is 4.47 Å². The molecule has 0 aliphatic heterocycles. The summed E-state index contributed by atoms with van der Waals surface area (Å²) in [6.45, 7) is 0. The molecule has 1 aromatic carbocycles. The lowest BCUT2D eigenvalue weighted by Gasteiger charge is -2.01. The molecular weight excluding hydrogens is 247 g/mol. The fourth-order valence-electron chi connectivity index (χ4n) is 0.730. The highest BCUT2D eigenvalue weighted by atomic mass is 79.9. The second-order valence-electron chi connectivity index (χ2n) is 2.09. The number of hydrogen-bond acceptors (Lipinski definition) is 2. The maximum atomic E-state index is 10.5. The summed E-state index contributed by atoms with van der Waals surface area (Å²) >= 11 is 8.54. The largest absolute Gasteiger partial charge is 0.506 e. The van der Waals surface area contributed by atoms with E-state index in [9.17, 15) is 4.79 Å². The van der Waals surface area contributed by atoms with E-state index in [0.29, 0.717) is 4.47 Å². The van der Waals surface area contributed by atoms with Crippen LogP contribution >= 0.6 is 27.5 Å². The molecule has 0 radical (unpaired) electrons. The Balaban J connectivity index is 3.37. The molecule has 0 saturated heterocycles. The Hall–Kier alpha value is -0.740. The van der Waals surface area contributed by atoms with Crippen LogP contribution < -0.4 is 0 Å². The number of phenols is 1. The lowest BCUT2D eigenvalue weighted by Crippen LogP contribution is -1.97. The molecular formula is C7H4BrClO3. The fraction of sp³-hybridized carbons (Fsp3) is 0. The number of carboxylic acids is 1. The number of rotatable bonds is 1. The number of carboxylic acid groups (broad SMARTS) is 1. The predicted octanol–water partition coefficient (Wildman–Crippen LogP) is 2.51. The van der Waals surface area contributed by atoms with Crippen molar-refractivity contribution < 1.29 is 15.0 Å². The van der Waals surface area contributed by atoms with Gasteiger partial charge in [-0.25, -0.2) is 4.79 Å². The first kappa shape index (κ1) is 9.35. The second-order valence-corrected chi connectivity index (χ2v) is 3.39. The molecule has 0 bridgehead atoms. The number of carbonyl (C=O) groups is 1. The van der Waals surface area contributed by atoms with Crippen LogP contribution in [0, 0.1) is 0 Å². The van der Waals surface area contributed by atoms with Crippen LogP contribution in [0.4, 0.5) is 0 Å². The molecule has 64 valence electrons. The van der Waals surface area contributed by atoms with Crippen molar-refractivity contribution in [3.8, 4) is 5.75 Å². The molecule has 5 heteroatoms. The molecule has 0 fully saturated rings. The average Bonchev–Trinajstić information content (AvgIpc) is 1.96. The summed E-state index contributed by atoms with van der Waals surface area (Å²) in [5, 5.41) is 17.6. The van der Waals surface area contributed by atoms with Gasteiger partial charge in [-0.15, -0.1) is 0 Å². The zero-order valence-electron chi connectivity index (χ0n) is 5.71. The third kappa shape index (κ3) is 1.70. The van der Waals surface area contributed by atoms with Crippen molar-refractivity contribution >= 4 is 33.5 Å². The maximum Gasteiger partial charge on any atom is 0.337 e. The van der Waals surface area contributed by atoms with E-state index in [1.807, 2.05) is 0 Å². The third-order valence-electron chi connectivity index (χ3n) is 1.25. The van der Waals surface area contributed by atoms with Gasteiger partial charge in [0.25, 0.3) is 0 Å². The van der Waals surface area contributed by atoms with E-state index in [0.717, 1.165) is 0 Å². The van der Waals surface area contributed by atoms with Gasteiger partial charge in [0.2, 0.25) is 0 Å². The molecule has 2 N–H and O–H groups in total. The lowest BCUT2D eigenvalue weighted by atomic mass is 10.2.